The third kappa shape index (κ3) is 5.13. The Hall–Kier alpha value is -1.07. The van der Waals surface area contributed by atoms with E-state index in [4.69, 9.17) is 11.6 Å². The highest BCUT2D eigenvalue weighted by molar-refractivity contribution is 9.10. The minimum Gasteiger partial charge on any atom is -0.350 e. The zero-order chi connectivity index (χ0) is 15.5. The summed E-state index contributed by atoms with van der Waals surface area (Å²) in [5, 5.41) is 3.36. The van der Waals surface area contributed by atoms with E-state index in [1.807, 2.05) is 20.8 Å². The third-order valence-electron chi connectivity index (χ3n) is 2.40. The highest BCUT2D eigenvalue weighted by Crippen LogP contribution is 2.22. The average molecular weight is 362 g/mol. The number of hydrogen-bond acceptors (Lipinski definition) is 2. The Kier molecular flexibility index (Phi) is 5.59. The van der Waals surface area contributed by atoms with Gasteiger partial charge in [-0.2, -0.15) is 0 Å². The summed E-state index contributed by atoms with van der Waals surface area (Å²) in [7, 11) is 1.59. The van der Waals surface area contributed by atoms with Gasteiger partial charge in [0.25, 0.3) is 5.91 Å². The lowest BCUT2D eigenvalue weighted by molar-refractivity contribution is -0.122. The van der Waals surface area contributed by atoms with Crippen LogP contribution in [0.5, 0.6) is 0 Å². The number of halogens is 2. The van der Waals surface area contributed by atoms with Crippen LogP contribution < -0.4 is 5.32 Å². The van der Waals surface area contributed by atoms with Gasteiger partial charge < -0.3 is 10.2 Å². The van der Waals surface area contributed by atoms with Crippen LogP contribution in [-0.2, 0) is 4.79 Å². The molecule has 0 spiro atoms. The van der Waals surface area contributed by atoms with Gasteiger partial charge in [0.05, 0.1) is 12.1 Å². The van der Waals surface area contributed by atoms with Crippen molar-refractivity contribution in [2.75, 3.05) is 13.6 Å². The molecule has 1 N–H and O–H groups in total. The van der Waals surface area contributed by atoms with Crippen molar-refractivity contribution in [1.29, 1.82) is 0 Å². The van der Waals surface area contributed by atoms with Gasteiger partial charge in [-0.05, 0) is 54.9 Å². The van der Waals surface area contributed by atoms with Gasteiger partial charge in [-0.1, -0.05) is 11.6 Å². The predicted octanol–water partition coefficient (Wildman–Crippen LogP) is 3.09. The van der Waals surface area contributed by atoms with Gasteiger partial charge in [0.2, 0.25) is 5.91 Å². The minimum absolute atomic E-state index is 0.00513. The monoisotopic (exact) mass is 360 g/mol. The number of hydrogen-bond donors (Lipinski definition) is 1. The smallest absolute Gasteiger partial charge is 0.255 e. The number of likely N-dealkylation sites (N-methyl/N-ethyl adjacent to an activating group) is 1. The van der Waals surface area contributed by atoms with Crippen molar-refractivity contribution in [3.8, 4) is 0 Å². The van der Waals surface area contributed by atoms with Crippen LogP contribution in [0.2, 0.25) is 5.02 Å². The molecule has 2 amide bonds. The second-order valence-electron chi connectivity index (χ2n) is 5.58. The lowest BCUT2D eigenvalue weighted by atomic mass is 10.1. The van der Waals surface area contributed by atoms with E-state index >= 15 is 0 Å². The van der Waals surface area contributed by atoms with E-state index in [2.05, 4.69) is 21.2 Å². The third-order valence-corrected chi connectivity index (χ3v) is 3.29. The lowest BCUT2D eigenvalue weighted by Gasteiger charge is -2.23. The highest BCUT2D eigenvalue weighted by atomic mass is 79.9. The quantitative estimate of drug-likeness (QED) is 0.899. The Balaban J connectivity index is 2.75. The molecule has 0 aliphatic rings. The summed E-state index contributed by atoms with van der Waals surface area (Å²) in [4.78, 5) is 25.4. The summed E-state index contributed by atoms with van der Waals surface area (Å²) in [6, 6.07) is 4.92. The van der Waals surface area contributed by atoms with Gasteiger partial charge in [0.1, 0.15) is 0 Å². The molecule has 0 saturated carbocycles. The Bertz CT molecular complexity index is 526. The Morgan fingerprint density at radius 2 is 1.95 bits per heavy atom. The molecule has 0 aliphatic carbocycles. The van der Waals surface area contributed by atoms with Gasteiger partial charge in [0, 0.05) is 22.1 Å². The molecule has 6 heteroatoms. The normalized spacial score (nSPS) is 11.1. The zero-order valence-electron chi connectivity index (χ0n) is 12.0. The molecule has 20 heavy (non-hydrogen) atoms. The number of nitrogens with zero attached hydrogens (tertiary/aromatic N) is 1. The first-order chi connectivity index (χ1) is 9.10. The Morgan fingerprint density at radius 1 is 1.35 bits per heavy atom. The highest BCUT2D eigenvalue weighted by Gasteiger charge is 2.20. The maximum absolute atomic E-state index is 12.3. The molecule has 1 aromatic carbocycles. The molecular formula is C14H18BrClN2O2. The molecule has 0 atom stereocenters. The second kappa shape index (κ2) is 6.59. The van der Waals surface area contributed by atoms with Crippen molar-refractivity contribution in [1.82, 2.24) is 10.2 Å². The van der Waals surface area contributed by atoms with Crippen molar-refractivity contribution in [3.05, 3.63) is 33.3 Å². The molecule has 0 aliphatic heterocycles. The second-order valence-corrected chi connectivity index (χ2v) is 6.87. The van der Waals surface area contributed by atoms with Crippen LogP contribution in [0.25, 0.3) is 0 Å². The molecule has 4 nitrogen and oxygen atoms in total. The first-order valence-corrected chi connectivity index (χ1v) is 7.29. The van der Waals surface area contributed by atoms with E-state index in [1.165, 1.54) is 4.90 Å². The van der Waals surface area contributed by atoms with Gasteiger partial charge in [-0.25, -0.2) is 0 Å². The molecule has 0 bridgehead atoms. The topological polar surface area (TPSA) is 49.4 Å². The number of amides is 2. The zero-order valence-corrected chi connectivity index (χ0v) is 14.3. The van der Waals surface area contributed by atoms with Crippen molar-refractivity contribution in [3.63, 3.8) is 0 Å². The summed E-state index contributed by atoms with van der Waals surface area (Å²) < 4.78 is 0.609. The Labute approximate surface area is 132 Å². The summed E-state index contributed by atoms with van der Waals surface area (Å²) in [5.41, 5.74) is 0.155. The summed E-state index contributed by atoms with van der Waals surface area (Å²) >= 11 is 9.14. The minimum atomic E-state index is -0.318. The molecule has 0 saturated heterocycles. The van der Waals surface area contributed by atoms with Crippen molar-refractivity contribution in [2.24, 2.45) is 0 Å². The van der Waals surface area contributed by atoms with E-state index in [1.54, 1.807) is 25.2 Å². The standard InChI is InChI=1S/C14H18BrClN2O2/c1-14(2,3)17-12(19)8-18(4)13(20)10-6-5-9(16)7-11(10)15/h5-7H,8H2,1-4H3,(H,17,19). The fraction of sp³-hybridized carbons (Fsp3) is 0.429. The SMILES string of the molecule is CN(CC(=O)NC(C)(C)C)C(=O)c1ccc(Cl)cc1Br. The fourth-order valence-corrected chi connectivity index (χ4v) is 2.47. The molecule has 0 fully saturated rings. The first kappa shape index (κ1) is 17.0. The van der Waals surface area contributed by atoms with Gasteiger partial charge >= 0.3 is 0 Å². The Morgan fingerprint density at radius 3 is 2.45 bits per heavy atom. The molecule has 0 radical (unpaired) electrons. The molecule has 1 aromatic rings. The molecule has 110 valence electrons. The molecule has 0 aromatic heterocycles. The van der Waals surface area contributed by atoms with E-state index in [9.17, 15) is 9.59 Å². The van der Waals surface area contributed by atoms with Crippen molar-refractivity contribution < 1.29 is 9.59 Å². The molecule has 0 unspecified atom stereocenters. The fourth-order valence-electron chi connectivity index (χ4n) is 1.61. The van der Waals surface area contributed by atoms with E-state index in [0.29, 0.717) is 15.1 Å². The van der Waals surface area contributed by atoms with Crippen LogP contribution >= 0.6 is 27.5 Å². The van der Waals surface area contributed by atoms with Gasteiger partial charge in [0.15, 0.2) is 0 Å². The molecular weight excluding hydrogens is 344 g/mol. The average Bonchev–Trinajstić information content (AvgIpc) is 2.25. The molecule has 0 heterocycles. The summed E-state index contributed by atoms with van der Waals surface area (Å²) in [5.74, 6) is -0.434. The number of benzene rings is 1. The summed E-state index contributed by atoms with van der Waals surface area (Å²) in [6.07, 6.45) is 0. The van der Waals surface area contributed by atoms with Gasteiger partial charge in [-0.15, -0.1) is 0 Å². The number of nitrogens with one attached hydrogen (secondary N) is 1. The number of carbonyl (C=O) groups is 2. The number of carbonyl (C=O) groups excluding carboxylic acids is 2. The maximum atomic E-state index is 12.3. The van der Waals surface area contributed by atoms with Crippen LogP contribution in [0, 0.1) is 0 Å². The van der Waals surface area contributed by atoms with E-state index in [0.717, 1.165) is 0 Å². The van der Waals surface area contributed by atoms with Crippen LogP contribution in [0.4, 0.5) is 0 Å². The largest absolute Gasteiger partial charge is 0.350 e. The predicted molar refractivity (Wildman–Crippen MR) is 84.0 cm³/mol. The lowest BCUT2D eigenvalue weighted by Crippen LogP contribution is -2.46. The van der Waals surface area contributed by atoms with E-state index < -0.39 is 0 Å². The van der Waals surface area contributed by atoms with Crippen LogP contribution in [0.3, 0.4) is 0 Å². The maximum Gasteiger partial charge on any atom is 0.255 e. The molecule has 1 rings (SSSR count). The van der Waals surface area contributed by atoms with Crippen LogP contribution in [-0.4, -0.2) is 35.8 Å². The van der Waals surface area contributed by atoms with Gasteiger partial charge in [-0.3, -0.25) is 9.59 Å². The number of rotatable bonds is 3. The van der Waals surface area contributed by atoms with Crippen LogP contribution in [0.15, 0.2) is 22.7 Å². The first-order valence-electron chi connectivity index (χ1n) is 6.11. The van der Waals surface area contributed by atoms with Crippen molar-refractivity contribution >= 4 is 39.3 Å². The summed E-state index contributed by atoms with van der Waals surface area (Å²) in [6.45, 7) is 5.68. The van der Waals surface area contributed by atoms with E-state index in [-0.39, 0.29) is 23.9 Å². The van der Waals surface area contributed by atoms with Crippen molar-refractivity contribution in [2.45, 2.75) is 26.3 Å². The van der Waals surface area contributed by atoms with Crippen LogP contribution in [0.1, 0.15) is 31.1 Å².